The van der Waals surface area contributed by atoms with E-state index >= 15 is 0 Å². The van der Waals surface area contributed by atoms with Crippen LogP contribution in [0, 0.1) is 0 Å². The Morgan fingerprint density at radius 2 is 1.08 bits per heavy atom. The molecule has 0 spiro atoms. The zero-order valence-corrected chi connectivity index (χ0v) is 26.9. The van der Waals surface area contributed by atoms with E-state index in [0.717, 1.165) is 38.6 Å². The van der Waals surface area contributed by atoms with Crippen LogP contribution in [0.15, 0.2) is 22.4 Å². The standard InChI is InChI=1S/C31H52N4OS2/c1-9-11-13-15-17-19-37-28-33-27(34-29(35-28)38-20-18-16-14-12-10-2)32-23-21-24(30(3,4)5)26(36)25(22-23)31(6,7)8/h21-22,36H,9-20H2,1-8H3,(H,32,33,34,35). The van der Waals surface area contributed by atoms with Crippen LogP contribution in [0.2, 0.25) is 0 Å². The number of phenols is 1. The molecule has 0 saturated heterocycles. The molecule has 0 aliphatic carbocycles. The van der Waals surface area contributed by atoms with Gasteiger partial charge in [-0.2, -0.15) is 15.0 Å². The van der Waals surface area contributed by atoms with Crippen LogP contribution in [-0.4, -0.2) is 31.6 Å². The molecule has 0 aliphatic rings. The van der Waals surface area contributed by atoms with Gasteiger partial charge in [0.25, 0.3) is 0 Å². The van der Waals surface area contributed by atoms with Gasteiger partial charge in [0.2, 0.25) is 5.95 Å². The number of nitrogens with one attached hydrogen (secondary N) is 1. The van der Waals surface area contributed by atoms with Crippen molar-refractivity contribution in [2.45, 2.75) is 141 Å². The maximum atomic E-state index is 11.1. The molecule has 0 aliphatic heterocycles. The average Bonchev–Trinajstić information content (AvgIpc) is 2.83. The predicted molar refractivity (Wildman–Crippen MR) is 168 cm³/mol. The molecular formula is C31H52N4OS2. The van der Waals surface area contributed by atoms with Crippen LogP contribution in [0.5, 0.6) is 5.75 Å². The summed E-state index contributed by atoms with van der Waals surface area (Å²) in [7, 11) is 0. The van der Waals surface area contributed by atoms with Crippen molar-refractivity contribution < 1.29 is 5.11 Å². The summed E-state index contributed by atoms with van der Waals surface area (Å²) in [6.45, 7) is 17.3. The monoisotopic (exact) mass is 560 g/mol. The number of rotatable bonds is 16. The first-order valence-corrected chi connectivity index (χ1v) is 16.6. The normalized spacial score (nSPS) is 12.2. The molecule has 0 atom stereocenters. The number of anilines is 2. The topological polar surface area (TPSA) is 70.9 Å². The predicted octanol–water partition coefficient (Wildman–Crippen LogP) is 10.0. The minimum Gasteiger partial charge on any atom is -0.507 e. The third-order valence-corrected chi connectivity index (χ3v) is 8.40. The van der Waals surface area contributed by atoms with Crippen molar-refractivity contribution in [1.29, 1.82) is 0 Å². The summed E-state index contributed by atoms with van der Waals surface area (Å²) < 4.78 is 0. The molecule has 0 amide bonds. The summed E-state index contributed by atoms with van der Waals surface area (Å²) >= 11 is 3.46. The van der Waals surface area contributed by atoms with Crippen molar-refractivity contribution >= 4 is 35.2 Å². The van der Waals surface area contributed by atoms with Crippen molar-refractivity contribution in [1.82, 2.24) is 15.0 Å². The highest BCUT2D eigenvalue weighted by atomic mass is 32.2. The fraction of sp³-hybridized carbons (Fsp3) is 0.710. The molecule has 2 N–H and O–H groups in total. The quantitative estimate of drug-likeness (QED) is 0.120. The van der Waals surface area contributed by atoms with E-state index < -0.39 is 0 Å². The summed E-state index contributed by atoms with van der Waals surface area (Å²) in [6, 6.07) is 4.07. The minimum atomic E-state index is -0.196. The molecule has 0 bridgehead atoms. The van der Waals surface area contributed by atoms with Crippen LogP contribution in [-0.2, 0) is 10.8 Å². The van der Waals surface area contributed by atoms with Crippen LogP contribution in [0.1, 0.15) is 131 Å². The zero-order valence-electron chi connectivity index (χ0n) is 25.2. The first kappa shape index (κ1) is 32.7. The van der Waals surface area contributed by atoms with Gasteiger partial charge in [-0.05, 0) is 35.8 Å². The van der Waals surface area contributed by atoms with Gasteiger partial charge in [-0.3, -0.25) is 0 Å². The molecule has 1 heterocycles. The lowest BCUT2D eigenvalue weighted by Gasteiger charge is -2.28. The van der Waals surface area contributed by atoms with E-state index in [-0.39, 0.29) is 10.8 Å². The van der Waals surface area contributed by atoms with Gasteiger partial charge in [0.15, 0.2) is 10.3 Å². The number of hydrogen-bond acceptors (Lipinski definition) is 7. The van der Waals surface area contributed by atoms with Crippen molar-refractivity contribution in [3.63, 3.8) is 0 Å². The molecule has 0 fully saturated rings. The fourth-order valence-electron chi connectivity index (χ4n) is 4.24. The largest absolute Gasteiger partial charge is 0.507 e. The number of thioether (sulfide) groups is 2. The number of unbranched alkanes of at least 4 members (excludes halogenated alkanes) is 8. The number of aromatic hydroxyl groups is 1. The van der Waals surface area contributed by atoms with Crippen LogP contribution in [0.4, 0.5) is 11.6 Å². The third kappa shape index (κ3) is 11.3. The Labute approximate surface area is 241 Å². The molecule has 1 aromatic heterocycles. The van der Waals surface area contributed by atoms with Crippen LogP contribution in [0.25, 0.3) is 0 Å². The maximum absolute atomic E-state index is 11.1. The van der Waals surface area contributed by atoms with Gasteiger partial charge in [0.1, 0.15) is 5.75 Å². The van der Waals surface area contributed by atoms with Gasteiger partial charge in [0.05, 0.1) is 0 Å². The molecular weight excluding hydrogens is 509 g/mol. The number of aromatic nitrogens is 3. The second-order valence-electron chi connectivity index (χ2n) is 12.3. The Hall–Kier alpha value is -1.47. The van der Waals surface area contributed by atoms with Crippen molar-refractivity contribution in [2.75, 3.05) is 16.8 Å². The molecule has 38 heavy (non-hydrogen) atoms. The SMILES string of the molecule is CCCCCCCSc1nc(Nc2cc(C(C)(C)C)c(O)c(C(C)(C)C)c2)nc(SCCCCCCC)n1. The highest BCUT2D eigenvalue weighted by molar-refractivity contribution is 7.99. The van der Waals surface area contributed by atoms with E-state index in [1.165, 1.54) is 64.2 Å². The van der Waals surface area contributed by atoms with Gasteiger partial charge in [-0.1, -0.05) is 130 Å². The molecule has 0 unspecified atom stereocenters. The summed E-state index contributed by atoms with van der Waals surface area (Å²) in [5.74, 6) is 3.00. The van der Waals surface area contributed by atoms with Crippen molar-refractivity contribution in [3.8, 4) is 5.75 Å². The molecule has 1 aromatic carbocycles. The average molecular weight is 561 g/mol. The van der Waals surface area contributed by atoms with E-state index in [9.17, 15) is 5.11 Å². The van der Waals surface area contributed by atoms with Crippen molar-refractivity contribution in [2.24, 2.45) is 0 Å². The van der Waals surface area contributed by atoms with Gasteiger partial charge >= 0.3 is 0 Å². The Bertz CT molecular complexity index is 914. The Morgan fingerprint density at radius 1 is 0.658 bits per heavy atom. The van der Waals surface area contributed by atoms with E-state index in [4.69, 9.17) is 15.0 Å². The second-order valence-corrected chi connectivity index (χ2v) is 14.4. The summed E-state index contributed by atoms with van der Waals surface area (Å²) in [6.07, 6.45) is 12.6. The second kappa shape index (κ2) is 16.0. The maximum Gasteiger partial charge on any atom is 0.232 e. The van der Waals surface area contributed by atoms with E-state index in [1.54, 1.807) is 23.5 Å². The smallest absolute Gasteiger partial charge is 0.232 e. The zero-order chi connectivity index (χ0) is 28.2. The lowest BCUT2D eigenvalue weighted by Crippen LogP contribution is -2.18. The Morgan fingerprint density at radius 3 is 1.47 bits per heavy atom. The molecule has 2 aromatic rings. The van der Waals surface area contributed by atoms with E-state index in [2.05, 4.69) is 60.7 Å². The number of benzene rings is 1. The molecule has 0 saturated carbocycles. The van der Waals surface area contributed by atoms with Crippen LogP contribution >= 0.6 is 23.5 Å². The molecule has 2 rings (SSSR count). The first-order chi connectivity index (χ1) is 18.0. The Kier molecular flexibility index (Phi) is 13.7. The molecule has 0 radical (unpaired) electrons. The lowest BCUT2D eigenvalue weighted by molar-refractivity contribution is 0.423. The minimum absolute atomic E-state index is 0.196. The van der Waals surface area contributed by atoms with Gasteiger partial charge in [-0.15, -0.1) is 0 Å². The molecule has 7 heteroatoms. The highest BCUT2D eigenvalue weighted by Crippen LogP contribution is 2.41. The number of phenolic OH excluding ortho intramolecular Hbond substituents is 1. The van der Waals surface area contributed by atoms with E-state index in [0.29, 0.717) is 11.7 Å². The fourth-order valence-corrected chi connectivity index (χ4v) is 5.96. The van der Waals surface area contributed by atoms with Gasteiger partial charge in [0, 0.05) is 28.3 Å². The third-order valence-electron chi connectivity index (χ3n) is 6.53. The highest BCUT2D eigenvalue weighted by Gasteiger charge is 2.27. The molecule has 214 valence electrons. The summed E-state index contributed by atoms with van der Waals surface area (Å²) in [4.78, 5) is 14.4. The van der Waals surface area contributed by atoms with Gasteiger partial charge in [-0.25, -0.2) is 0 Å². The van der Waals surface area contributed by atoms with Crippen molar-refractivity contribution in [3.05, 3.63) is 23.3 Å². The Balaban J connectivity index is 2.27. The van der Waals surface area contributed by atoms with E-state index in [1.807, 2.05) is 12.1 Å². The van der Waals surface area contributed by atoms with Crippen LogP contribution < -0.4 is 5.32 Å². The summed E-state index contributed by atoms with van der Waals surface area (Å²) in [5, 5.41) is 16.2. The number of nitrogens with zero attached hydrogens (tertiary/aromatic N) is 3. The first-order valence-electron chi connectivity index (χ1n) is 14.6. The number of hydrogen-bond donors (Lipinski definition) is 2. The lowest BCUT2D eigenvalue weighted by atomic mass is 9.79. The molecule has 5 nitrogen and oxygen atoms in total. The van der Waals surface area contributed by atoms with Crippen LogP contribution in [0.3, 0.4) is 0 Å². The summed E-state index contributed by atoms with van der Waals surface area (Å²) in [5.41, 5.74) is 2.35. The van der Waals surface area contributed by atoms with Gasteiger partial charge < -0.3 is 10.4 Å².